The topological polar surface area (TPSA) is 28.3 Å². The number of rotatable bonds is 9. The van der Waals surface area contributed by atoms with Gasteiger partial charge in [0.1, 0.15) is 18.1 Å². The first-order chi connectivity index (χ1) is 22.7. The molecule has 0 N–H and O–H groups in total. The van der Waals surface area contributed by atoms with Crippen LogP contribution in [-0.4, -0.2) is 15.7 Å². The van der Waals surface area contributed by atoms with Crippen LogP contribution in [0, 0.1) is 0 Å². The third kappa shape index (κ3) is 5.01. The molecule has 0 unspecified atom stereocenters. The van der Waals surface area contributed by atoms with E-state index in [1.54, 1.807) is 0 Å². The Morgan fingerprint density at radius 3 is 1.37 bits per heavy atom. The van der Waals surface area contributed by atoms with Crippen LogP contribution in [0.25, 0.3) is 55.0 Å². The minimum absolute atomic E-state index is 0.411. The van der Waals surface area contributed by atoms with Crippen molar-refractivity contribution in [2.45, 2.75) is 25.3 Å². The van der Waals surface area contributed by atoms with Crippen molar-refractivity contribution in [1.29, 1.82) is 0 Å². The lowest BCUT2D eigenvalue weighted by Crippen LogP contribution is -2.04. The number of aromatic nitrogens is 2. The second-order valence-electron chi connectivity index (χ2n) is 11.7. The second kappa shape index (κ2) is 12.1. The fraction of sp³-hybridized carbons (Fsp3) is 0.122. The van der Waals surface area contributed by atoms with Crippen molar-refractivity contribution in [2.24, 2.45) is 0 Å². The zero-order valence-corrected chi connectivity index (χ0v) is 27.2. The smallest absolute Gasteiger partial charge is 0.123 e. The van der Waals surface area contributed by atoms with Crippen molar-refractivity contribution < 1.29 is 9.47 Å². The van der Waals surface area contributed by atoms with Crippen molar-refractivity contribution in [2.75, 3.05) is 6.61 Å². The molecule has 0 aliphatic rings. The zero-order chi connectivity index (χ0) is 31.0. The summed E-state index contributed by atoms with van der Waals surface area (Å²) in [5, 5.41) is 5.69. The van der Waals surface area contributed by atoms with E-state index in [2.05, 4.69) is 159 Å². The Morgan fingerprint density at radius 1 is 0.500 bits per heavy atom. The van der Waals surface area contributed by atoms with Crippen LogP contribution in [0.2, 0.25) is 0 Å². The van der Waals surface area contributed by atoms with Gasteiger partial charge in [0.05, 0.1) is 28.7 Å². The molecule has 2 aromatic heterocycles. The van der Waals surface area contributed by atoms with E-state index in [4.69, 9.17) is 9.47 Å². The predicted molar refractivity (Wildman–Crippen MR) is 194 cm³/mol. The first-order valence-corrected chi connectivity index (χ1v) is 16.9. The molecule has 0 saturated heterocycles. The molecule has 6 aromatic carbocycles. The molecule has 46 heavy (non-hydrogen) atoms. The van der Waals surface area contributed by atoms with Gasteiger partial charge >= 0.3 is 0 Å². The van der Waals surface area contributed by atoms with Crippen molar-refractivity contribution in [3.05, 3.63) is 145 Å². The Bertz CT molecular complexity index is 2130. The van der Waals surface area contributed by atoms with Gasteiger partial charge in [-0.05, 0) is 72.1 Å². The molecule has 0 aliphatic carbocycles. The monoisotopic (exact) mass is 664 g/mol. The number of hydrogen-bond acceptors (Lipinski definition) is 2. The maximum atomic E-state index is 6.53. The molecular formula is C41H33BrN2O2. The third-order valence-corrected chi connectivity index (χ3v) is 9.26. The van der Waals surface area contributed by atoms with E-state index in [9.17, 15) is 0 Å². The highest BCUT2D eigenvalue weighted by atomic mass is 79.9. The second-order valence-corrected chi connectivity index (χ2v) is 12.2. The highest BCUT2D eigenvalue weighted by Crippen LogP contribution is 2.36. The molecule has 0 fully saturated rings. The molecule has 226 valence electrons. The normalized spacial score (nSPS) is 11.6. The Labute approximate surface area is 276 Å². The van der Waals surface area contributed by atoms with Crippen LogP contribution in [0.5, 0.6) is 11.5 Å². The Balaban J connectivity index is 1.32. The summed E-state index contributed by atoms with van der Waals surface area (Å²) < 4.78 is 17.3. The van der Waals surface area contributed by atoms with E-state index in [1.807, 2.05) is 6.07 Å². The first-order valence-electron chi connectivity index (χ1n) is 15.8. The molecule has 0 aliphatic heterocycles. The van der Waals surface area contributed by atoms with Crippen molar-refractivity contribution >= 4 is 59.5 Å². The lowest BCUT2D eigenvalue weighted by atomic mass is 10.1. The van der Waals surface area contributed by atoms with Gasteiger partial charge in [-0.3, -0.25) is 0 Å². The van der Waals surface area contributed by atoms with Gasteiger partial charge in [0.25, 0.3) is 0 Å². The summed E-state index contributed by atoms with van der Waals surface area (Å²) >= 11 is 3.62. The molecule has 0 amide bonds. The van der Waals surface area contributed by atoms with Crippen molar-refractivity contribution in [1.82, 2.24) is 9.13 Å². The highest BCUT2D eigenvalue weighted by Gasteiger charge is 2.17. The standard InChI is InChI=1S/C41H33BrN2O2/c1-2-19-45-32-22-28(26-42)23-33(25-32)46-27-29-20-30(43-38-15-7-3-11-34(38)35-12-4-8-16-39(35)43)24-31(21-29)44-40-17-9-5-13-36(40)37-14-6-10-18-41(37)44/h3-18,20-25H,2,19,26-27H2,1H3. The molecule has 8 rings (SSSR count). The molecule has 2 heterocycles. The SMILES string of the molecule is CCCOc1cc(CBr)cc(OCc2cc(-n3c4ccccc4c4ccccc43)cc(-n3c4ccccc4c4ccccc43)c2)c1. The molecule has 5 heteroatoms. The molecule has 0 radical (unpaired) electrons. The van der Waals surface area contributed by atoms with E-state index in [0.29, 0.717) is 13.2 Å². The summed E-state index contributed by atoms with van der Waals surface area (Å²) in [4.78, 5) is 0. The highest BCUT2D eigenvalue weighted by molar-refractivity contribution is 9.08. The van der Waals surface area contributed by atoms with Gasteiger partial charge in [0.15, 0.2) is 0 Å². The minimum atomic E-state index is 0.411. The van der Waals surface area contributed by atoms with Crippen LogP contribution in [0.15, 0.2) is 133 Å². The quantitative estimate of drug-likeness (QED) is 0.144. The van der Waals surface area contributed by atoms with E-state index >= 15 is 0 Å². The molecular weight excluding hydrogens is 632 g/mol. The maximum Gasteiger partial charge on any atom is 0.123 e. The number of fused-ring (bicyclic) bond motifs is 6. The van der Waals surface area contributed by atoms with Crippen LogP contribution < -0.4 is 9.47 Å². The van der Waals surface area contributed by atoms with Crippen LogP contribution >= 0.6 is 15.9 Å². The lowest BCUT2D eigenvalue weighted by Gasteiger charge is -2.16. The Hall–Kier alpha value is -5.00. The summed E-state index contributed by atoms with van der Waals surface area (Å²) in [6, 6.07) is 47.6. The largest absolute Gasteiger partial charge is 0.493 e. The lowest BCUT2D eigenvalue weighted by molar-refractivity contribution is 0.294. The minimum Gasteiger partial charge on any atom is -0.493 e. The van der Waals surface area contributed by atoms with Gasteiger partial charge in [0.2, 0.25) is 0 Å². The fourth-order valence-electron chi connectivity index (χ4n) is 6.66. The first kappa shape index (κ1) is 28.5. The van der Waals surface area contributed by atoms with E-state index in [0.717, 1.165) is 45.8 Å². The predicted octanol–water partition coefficient (Wildman–Crippen LogP) is 11.1. The number of halogens is 1. The van der Waals surface area contributed by atoms with E-state index in [1.165, 1.54) is 43.6 Å². The van der Waals surface area contributed by atoms with Crippen LogP contribution in [-0.2, 0) is 11.9 Å². The summed E-state index contributed by atoms with van der Waals surface area (Å²) in [6.07, 6.45) is 0.954. The number of nitrogens with zero attached hydrogens (tertiary/aromatic N) is 2. The van der Waals surface area contributed by atoms with E-state index < -0.39 is 0 Å². The molecule has 0 bridgehead atoms. The number of benzene rings is 6. The summed E-state index contributed by atoms with van der Waals surface area (Å²) in [6.45, 7) is 3.20. The number of para-hydroxylation sites is 4. The van der Waals surface area contributed by atoms with Crippen LogP contribution in [0.1, 0.15) is 24.5 Å². The fourth-order valence-corrected chi connectivity index (χ4v) is 6.98. The van der Waals surface area contributed by atoms with Crippen LogP contribution in [0.3, 0.4) is 0 Å². The molecule has 4 nitrogen and oxygen atoms in total. The molecule has 0 atom stereocenters. The Kier molecular flexibility index (Phi) is 7.47. The van der Waals surface area contributed by atoms with E-state index in [-0.39, 0.29) is 0 Å². The maximum absolute atomic E-state index is 6.53. The summed E-state index contributed by atoms with van der Waals surface area (Å²) in [7, 11) is 0. The van der Waals surface area contributed by atoms with Gasteiger partial charge in [-0.2, -0.15) is 0 Å². The average Bonchev–Trinajstić information content (AvgIpc) is 3.63. The van der Waals surface area contributed by atoms with Gasteiger partial charge < -0.3 is 18.6 Å². The average molecular weight is 666 g/mol. The molecule has 8 aromatic rings. The summed E-state index contributed by atoms with van der Waals surface area (Å²) in [5.74, 6) is 1.63. The Morgan fingerprint density at radius 2 is 0.935 bits per heavy atom. The molecule has 0 spiro atoms. The number of ether oxygens (including phenoxy) is 2. The van der Waals surface area contributed by atoms with Gasteiger partial charge in [0, 0.05) is 44.3 Å². The number of alkyl halides is 1. The van der Waals surface area contributed by atoms with Crippen molar-refractivity contribution in [3.63, 3.8) is 0 Å². The zero-order valence-electron chi connectivity index (χ0n) is 25.6. The molecule has 0 saturated carbocycles. The third-order valence-electron chi connectivity index (χ3n) is 8.61. The van der Waals surface area contributed by atoms with Gasteiger partial charge in [-0.25, -0.2) is 0 Å². The van der Waals surface area contributed by atoms with Crippen molar-refractivity contribution in [3.8, 4) is 22.9 Å². The summed E-state index contributed by atoms with van der Waals surface area (Å²) in [5.41, 5.74) is 9.10. The van der Waals surface area contributed by atoms with Gasteiger partial charge in [-0.15, -0.1) is 0 Å². The van der Waals surface area contributed by atoms with Crippen LogP contribution in [0.4, 0.5) is 0 Å². The number of hydrogen-bond donors (Lipinski definition) is 0. The van der Waals surface area contributed by atoms with Gasteiger partial charge in [-0.1, -0.05) is 95.7 Å².